The van der Waals surface area contributed by atoms with Gasteiger partial charge in [-0.1, -0.05) is 54.1 Å². The summed E-state index contributed by atoms with van der Waals surface area (Å²) in [4.78, 5) is 51.7. The minimum absolute atomic E-state index is 0.00668. The maximum Gasteiger partial charge on any atom is 0.416 e. The lowest BCUT2D eigenvalue weighted by atomic mass is 9.95. The van der Waals surface area contributed by atoms with Crippen LogP contribution in [-0.2, 0) is 28.7 Å². The van der Waals surface area contributed by atoms with Crippen molar-refractivity contribution in [2.75, 3.05) is 19.0 Å². The van der Waals surface area contributed by atoms with Crippen LogP contribution in [0.1, 0.15) is 61.4 Å². The second-order valence-corrected chi connectivity index (χ2v) is 12.3. The van der Waals surface area contributed by atoms with Crippen LogP contribution < -0.4 is 15.4 Å². The Hall–Kier alpha value is -6.17. The lowest BCUT2D eigenvalue weighted by molar-refractivity contribution is -0.139. The fraction of sp³-hybridized carbons (Fsp3) is 0.200. The molecule has 3 N–H and O–H groups in total. The molecule has 0 aromatic heterocycles. The first-order valence-corrected chi connectivity index (χ1v) is 16.3. The summed E-state index contributed by atoms with van der Waals surface area (Å²) in [6.45, 7) is 1.37. The average molecular weight is 712 g/mol. The van der Waals surface area contributed by atoms with Crippen molar-refractivity contribution in [3.8, 4) is 5.75 Å². The molecule has 268 valence electrons. The van der Waals surface area contributed by atoms with Gasteiger partial charge in [0.15, 0.2) is 0 Å². The molecule has 12 heteroatoms. The van der Waals surface area contributed by atoms with Crippen molar-refractivity contribution in [2.45, 2.75) is 38.9 Å². The minimum atomic E-state index is -4.69. The van der Waals surface area contributed by atoms with Crippen LogP contribution in [-0.4, -0.2) is 47.4 Å². The molecule has 4 aromatic carbocycles. The Kier molecular flexibility index (Phi) is 11.6. The summed E-state index contributed by atoms with van der Waals surface area (Å²) in [6, 6.07) is 23.7. The summed E-state index contributed by atoms with van der Waals surface area (Å²) in [5.41, 5.74) is 4.45. The molecule has 1 aliphatic rings. The number of ether oxygens (including phenoxy) is 1. The number of nitrogens with zero attached hydrogens (tertiary/aromatic N) is 1. The van der Waals surface area contributed by atoms with Crippen LogP contribution in [0.4, 0.5) is 18.9 Å². The highest BCUT2D eigenvalue weighted by molar-refractivity contribution is 5.98. The Morgan fingerprint density at radius 2 is 1.50 bits per heavy atom. The van der Waals surface area contributed by atoms with Gasteiger partial charge in [0.1, 0.15) is 12.3 Å². The summed E-state index contributed by atoms with van der Waals surface area (Å²) in [5.74, 6) is -2.82. The van der Waals surface area contributed by atoms with E-state index in [0.717, 1.165) is 28.6 Å². The number of aliphatic carboxylic acids is 1. The second kappa shape index (κ2) is 16.2. The highest BCUT2D eigenvalue weighted by Crippen LogP contribution is 2.35. The molecule has 4 aromatic rings. The fourth-order valence-corrected chi connectivity index (χ4v) is 5.67. The molecule has 0 radical (unpaired) electrons. The number of nitrogens with one attached hydrogen (secondary N) is 2. The summed E-state index contributed by atoms with van der Waals surface area (Å²) in [7, 11) is 1.24. The number of carboxylic acids is 1. The monoisotopic (exact) mass is 711 g/mol. The number of carboxylic acid groups (broad SMARTS) is 1. The molecule has 52 heavy (non-hydrogen) atoms. The molecular weight excluding hydrogens is 675 g/mol. The molecule has 5 rings (SSSR count). The molecule has 0 heterocycles. The van der Waals surface area contributed by atoms with E-state index in [1.54, 1.807) is 24.3 Å². The van der Waals surface area contributed by atoms with E-state index in [2.05, 4.69) is 34.9 Å². The van der Waals surface area contributed by atoms with Crippen LogP contribution in [0.5, 0.6) is 5.75 Å². The van der Waals surface area contributed by atoms with Crippen LogP contribution in [0.2, 0.25) is 0 Å². The standard InChI is InChI=1S/C40H36F3N3O6/c1-25-3-7-27(8-4-25)28-11-16-33(17-12-28)45-38(50)29-9-5-26(6-10-29)23-46(24-37(48)49)39(51)30-13-18-32(19-14-30)44-36(47)21-31-15-20-34(52-2)22-35(31)40(41,42)43/h3-11,13-16,18-20,22H,12,17,21,23-24H2,1-2H3,(H,44,47)(H,45,50)(H,48,49). The molecule has 0 atom stereocenters. The Morgan fingerprint density at radius 3 is 2.10 bits per heavy atom. The minimum Gasteiger partial charge on any atom is -0.497 e. The van der Waals surface area contributed by atoms with Crippen LogP contribution >= 0.6 is 0 Å². The molecule has 0 unspecified atom stereocenters. The van der Waals surface area contributed by atoms with Crippen molar-refractivity contribution in [1.29, 1.82) is 0 Å². The highest BCUT2D eigenvalue weighted by Gasteiger charge is 2.34. The fourth-order valence-electron chi connectivity index (χ4n) is 5.67. The van der Waals surface area contributed by atoms with Crippen molar-refractivity contribution in [3.05, 3.63) is 148 Å². The lowest BCUT2D eigenvalue weighted by Crippen LogP contribution is -2.35. The number of rotatable bonds is 12. The summed E-state index contributed by atoms with van der Waals surface area (Å²) >= 11 is 0. The number of carbonyl (C=O) groups is 4. The van der Waals surface area contributed by atoms with E-state index in [9.17, 15) is 37.5 Å². The van der Waals surface area contributed by atoms with E-state index in [4.69, 9.17) is 4.74 Å². The summed E-state index contributed by atoms with van der Waals surface area (Å²) in [6.07, 6.45) is 0.117. The van der Waals surface area contributed by atoms with Gasteiger partial charge >= 0.3 is 12.1 Å². The van der Waals surface area contributed by atoms with Crippen molar-refractivity contribution in [3.63, 3.8) is 0 Å². The summed E-state index contributed by atoms with van der Waals surface area (Å²) in [5, 5.41) is 15.0. The first kappa shape index (κ1) is 37.1. The molecular formula is C40H36F3N3O6. The van der Waals surface area contributed by atoms with Crippen molar-refractivity contribution in [1.82, 2.24) is 10.2 Å². The van der Waals surface area contributed by atoms with Gasteiger partial charge in [0, 0.05) is 29.1 Å². The predicted octanol–water partition coefficient (Wildman–Crippen LogP) is 7.42. The lowest BCUT2D eigenvalue weighted by Gasteiger charge is -2.21. The number of amides is 3. The van der Waals surface area contributed by atoms with Crippen molar-refractivity contribution >= 4 is 35.0 Å². The maximum atomic E-state index is 13.6. The van der Waals surface area contributed by atoms with Gasteiger partial charge in [0.05, 0.1) is 19.1 Å². The quantitative estimate of drug-likeness (QED) is 0.141. The van der Waals surface area contributed by atoms with Gasteiger partial charge < -0.3 is 25.4 Å². The number of alkyl halides is 3. The zero-order chi connectivity index (χ0) is 37.4. The molecule has 0 spiro atoms. The van der Waals surface area contributed by atoms with Crippen LogP contribution in [0.3, 0.4) is 0 Å². The maximum absolute atomic E-state index is 13.6. The molecule has 0 saturated heterocycles. The Bertz CT molecular complexity index is 2020. The third-order valence-electron chi connectivity index (χ3n) is 8.44. The zero-order valence-electron chi connectivity index (χ0n) is 28.4. The van der Waals surface area contributed by atoms with Gasteiger partial charge in [0.2, 0.25) is 5.91 Å². The number of aryl methyl sites for hydroxylation is 1. The van der Waals surface area contributed by atoms with E-state index in [0.29, 0.717) is 17.5 Å². The summed E-state index contributed by atoms with van der Waals surface area (Å²) < 4.78 is 45.5. The van der Waals surface area contributed by atoms with E-state index in [1.807, 2.05) is 19.1 Å². The molecule has 0 saturated carbocycles. The van der Waals surface area contributed by atoms with Crippen LogP contribution in [0, 0.1) is 6.92 Å². The molecule has 3 amide bonds. The van der Waals surface area contributed by atoms with Gasteiger partial charge in [-0.05, 0) is 96.6 Å². The number of allylic oxidation sites excluding steroid dienone is 4. The Morgan fingerprint density at radius 1 is 0.827 bits per heavy atom. The third-order valence-corrected chi connectivity index (χ3v) is 8.44. The third kappa shape index (κ3) is 9.75. The number of methoxy groups -OCH3 is 1. The van der Waals surface area contributed by atoms with E-state index in [-0.39, 0.29) is 35.0 Å². The molecule has 9 nitrogen and oxygen atoms in total. The molecule has 0 bridgehead atoms. The molecule has 0 aliphatic heterocycles. The first-order chi connectivity index (χ1) is 24.8. The predicted molar refractivity (Wildman–Crippen MR) is 190 cm³/mol. The van der Waals surface area contributed by atoms with Gasteiger partial charge in [0.25, 0.3) is 11.8 Å². The first-order valence-electron chi connectivity index (χ1n) is 16.3. The van der Waals surface area contributed by atoms with Gasteiger partial charge in [-0.15, -0.1) is 0 Å². The van der Waals surface area contributed by atoms with Crippen molar-refractivity contribution in [2.24, 2.45) is 0 Å². The number of halogens is 3. The number of hydrogen-bond acceptors (Lipinski definition) is 5. The number of anilines is 1. The van der Waals surface area contributed by atoms with Crippen LogP contribution in [0.15, 0.2) is 109 Å². The van der Waals surface area contributed by atoms with Gasteiger partial charge in [-0.3, -0.25) is 19.2 Å². The van der Waals surface area contributed by atoms with Crippen LogP contribution in [0.25, 0.3) is 5.57 Å². The topological polar surface area (TPSA) is 125 Å². The second-order valence-electron chi connectivity index (χ2n) is 12.3. The smallest absolute Gasteiger partial charge is 0.416 e. The zero-order valence-corrected chi connectivity index (χ0v) is 28.4. The average Bonchev–Trinajstić information content (AvgIpc) is 3.12. The van der Waals surface area contributed by atoms with Gasteiger partial charge in [-0.2, -0.15) is 13.2 Å². The molecule has 0 fully saturated rings. The van der Waals surface area contributed by atoms with Gasteiger partial charge in [-0.25, -0.2) is 0 Å². The number of hydrogen-bond donors (Lipinski definition) is 3. The Labute approximate surface area is 298 Å². The van der Waals surface area contributed by atoms with E-state index >= 15 is 0 Å². The number of carbonyl (C=O) groups excluding carboxylic acids is 3. The SMILES string of the molecule is COc1ccc(CC(=O)Nc2ccc(C(=O)N(CC(=O)O)Cc3ccc(C(=O)NC4=CC=C(c5ccc(C)cc5)CC4)cc3)cc2)c(C(F)(F)F)c1. The number of benzene rings is 4. The van der Waals surface area contributed by atoms with Crippen molar-refractivity contribution < 1.29 is 42.2 Å². The highest BCUT2D eigenvalue weighted by atomic mass is 19.4. The Balaban J connectivity index is 1.19. The van der Waals surface area contributed by atoms with E-state index < -0.39 is 42.5 Å². The largest absolute Gasteiger partial charge is 0.497 e. The van der Waals surface area contributed by atoms with E-state index in [1.165, 1.54) is 54.6 Å². The normalized spacial score (nSPS) is 12.6. The molecule has 1 aliphatic carbocycles.